The van der Waals surface area contributed by atoms with Crippen LogP contribution in [0.15, 0.2) is 36.4 Å². The van der Waals surface area contributed by atoms with Crippen LogP contribution < -0.4 is 11.1 Å². The molecule has 0 heterocycles. The Morgan fingerprint density at radius 3 is 2.15 bits per heavy atom. The number of nitrogens with two attached hydrogens (primary N) is 1. The summed E-state index contributed by atoms with van der Waals surface area (Å²) in [6.45, 7) is 0. The van der Waals surface area contributed by atoms with Crippen LogP contribution in [-0.2, 0) is 6.18 Å². The maximum atomic E-state index is 13.5. The molecule has 106 valence electrons. The fraction of sp³-hybridized carbons (Fsp3) is 0.0769. The van der Waals surface area contributed by atoms with E-state index in [9.17, 15) is 22.0 Å². The van der Waals surface area contributed by atoms with E-state index >= 15 is 0 Å². The highest BCUT2D eigenvalue weighted by Crippen LogP contribution is 2.33. The molecule has 0 atom stereocenters. The number of hydrogen-bond donors (Lipinski definition) is 2. The summed E-state index contributed by atoms with van der Waals surface area (Å²) in [7, 11) is 0. The second-order valence-corrected chi connectivity index (χ2v) is 4.06. The van der Waals surface area contributed by atoms with Gasteiger partial charge in [0.05, 0.1) is 16.9 Å². The van der Waals surface area contributed by atoms with Gasteiger partial charge in [-0.2, -0.15) is 13.2 Å². The topological polar surface area (TPSA) is 38.0 Å². The van der Waals surface area contributed by atoms with E-state index < -0.39 is 29.1 Å². The molecule has 2 rings (SSSR count). The number of nitrogen functional groups attached to an aromatic ring is 1. The first-order valence-corrected chi connectivity index (χ1v) is 5.46. The van der Waals surface area contributed by atoms with E-state index in [1.54, 1.807) is 0 Å². The van der Waals surface area contributed by atoms with Gasteiger partial charge in [-0.05, 0) is 36.4 Å². The van der Waals surface area contributed by atoms with Gasteiger partial charge < -0.3 is 11.1 Å². The summed E-state index contributed by atoms with van der Waals surface area (Å²) in [4.78, 5) is 0. The largest absolute Gasteiger partial charge is 0.416 e. The zero-order chi connectivity index (χ0) is 14.9. The second kappa shape index (κ2) is 4.99. The molecule has 3 N–H and O–H groups in total. The Morgan fingerprint density at radius 2 is 1.55 bits per heavy atom. The van der Waals surface area contributed by atoms with Crippen LogP contribution in [-0.4, -0.2) is 0 Å². The van der Waals surface area contributed by atoms with Crippen LogP contribution in [0.25, 0.3) is 0 Å². The molecule has 20 heavy (non-hydrogen) atoms. The quantitative estimate of drug-likeness (QED) is 0.638. The summed E-state index contributed by atoms with van der Waals surface area (Å²) in [5.41, 5.74) is 3.82. The number of alkyl halides is 3. The lowest BCUT2D eigenvalue weighted by Gasteiger charge is -2.12. The number of hydrogen-bond acceptors (Lipinski definition) is 2. The van der Waals surface area contributed by atoms with Crippen molar-refractivity contribution in [2.75, 3.05) is 11.1 Å². The van der Waals surface area contributed by atoms with Crippen molar-refractivity contribution in [2.45, 2.75) is 6.18 Å². The van der Waals surface area contributed by atoms with Crippen molar-refractivity contribution >= 4 is 17.1 Å². The molecule has 0 bridgehead atoms. The van der Waals surface area contributed by atoms with E-state index in [1.165, 1.54) is 12.1 Å². The lowest BCUT2D eigenvalue weighted by Crippen LogP contribution is -2.06. The Morgan fingerprint density at radius 1 is 0.850 bits per heavy atom. The van der Waals surface area contributed by atoms with Gasteiger partial charge in [-0.1, -0.05) is 0 Å². The lowest BCUT2D eigenvalue weighted by molar-refractivity contribution is -0.137. The van der Waals surface area contributed by atoms with E-state index in [0.717, 1.165) is 6.07 Å². The van der Waals surface area contributed by atoms with Gasteiger partial charge in [0.1, 0.15) is 11.6 Å². The Hall–Kier alpha value is -2.31. The predicted molar refractivity (Wildman–Crippen MR) is 65.5 cm³/mol. The van der Waals surface area contributed by atoms with Crippen molar-refractivity contribution < 1.29 is 22.0 Å². The zero-order valence-corrected chi connectivity index (χ0v) is 9.93. The van der Waals surface area contributed by atoms with E-state index in [4.69, 9.17) is 5.73 Å². The molecular formula is C13H9F5N2. The molecule has 0 saturated carbocycles. The minimum absolute atomic E-state index is 0.151. The zero-order valence-electron chi connectivity index (χ0n) is 9.93. The molecule has 0 amide bonds. The smallest absolute Gasteiger partial charge is 0.399 e. The fourth-order valence-electron chi connectivity index (χ4n) is 1.58. The van der Waals surface area contributed by atoms with E-state index in [1.807, 2.05) is 0 Å². The first-order valence-electron chi connectivity index (χ1n) is 5.46. The van der Waals surface area contributed by atoms with Gasteiger partial charge in [0.2, 0.25) is 0 Å². The van der Waals surface area contributed by atoms with Gasteiger partial charge in [0.25, 0.3) is 0 Å². The molecule has 2 nitrogen and oxygen atoms in total. The fourth-order valence-corrected chi connectivity index (χ4v) is 1.58. The predicted octanol–water partition coefficient (Wildman–Crippen LogP) is 4.31. The van der Waals surface area contributed by atoms with E-state index in [2.05, 4.69) is 5.32 Å². The highest BCUT2D eigenvalue weighted by molar-refractivity contribution is 5.63. The maximum Gasteiger partial charge on any atom is 0.416 e. The van der Waals surface area contributed by atoms with Crippen LogP contribution in [0.4, 0.5) is 39.0 Å². The Kier molecular flexibility index (Phi) is 3.52. The third kappa shape index (κ3) is 2.98. The molecule has 0 unspecified atom stereocenters. The van der Waals surface area contributed by atoms with Crippen molar-refractivity contribution in [3.63, 3.8) is 0 Å². The molecule has 0 radical (unpaired) electrons. The summed E-state index contributed by atoms with van der Waals surface area (Å²) >= 11 is 0. The molecule has 0 aliphatic heterocycles. The molecule has 0 aliphatic carbocycles. The van der Waals surface area contributed by atoms with Gasteiger partial charge in [-0.3, -0.25) is 0 Å². The SMILES string of the molecule is Nc1ccc(Nc2cc(C(F)(F)F)ccc2F)c(F)c1. The van der Waals surface area contributed by atoms with Gasteiger partial charge in [-0.25, -0.2) is 8.78 Å². The van der Waals surface area contributed by atoms with Crippen molar-refractivity contribution in [1.82, 2.24) is 0 Å². The molecule has 0 aliphatic rings. The van der Waals surface area contributed by atoms with Gasteiger partial charge >= 0.3 is 6.18 Å². The summed E-state index contributed by atoms with van der Waals surface area (Å²) < 4.78 is 64.6. The first-order chi connectivity index (χ1) is 9.27. The van der Waals surface area contributed by atoms with Crippen molar-refractivity contribution in [1.29, 1.82) is 0 Å². The molecule has 2 aromatic carbocycles. The Balaban J connectivity index is 2.38. The second-order valence-electron chi connectivity index (χ2n) is 4.06. The summed E-state index contributed by atoms with van der Waals surface area (Å²) in [6.07, 6.45) is -4.61. The highest BCUT2D eigenvalue weighted by Gasteiger charge is 2.31. The number of rotatable bonds is 2. The number of nitrogens with one attached hydrogen (secondary N) is 1. The third-order valence-electron chi connectivity index (χ3n) is 2.56. The van der Waals surface area contributed by atoms with Crippen molar-refractivity contribution in [3.05, 3.63) is 53.6 Å². The molecular weight excluding hydrogens is 279 g/mol. The number of anilines is 3. The van der Waals surface area contributed by atoms with Crippen LogP contribution in [0, 0.1) is 11.6 Å². The van der Waals surface area contributed by atoms with Crippen LogP contribution in [0.1, 0.15) is 5.56 Å². The Bertz CT molecular complexity index is 637. The normalized spacial score (nSPS) is 11.4. The molecule has 0 saturated heterocycles. The monoisotopic (exact) mass is 288 g/mol. The molecule has 7 heteroatoms. The minimum Gasteiger partial charge on any atom is -0.399 e. The summed E-state index contributed by atoms with van der Waals surface area (Å²) in [5.74, 6) is -1.71. The van der Waals surface area contributed by atoms with Gasteiger partial charge in [0, 0.05) is 5.69 Å². The maximum absolute atomic E-state index is 13.5. The van der Waals surface area contributed by atoms with Gasteiger partial charge in [-0.15, -0.1) is 0 Å². The van der Waals surface area contributed by atoms with Crippen molar-refractivity contribution in [2.24, 2.45) is 0 Å². The molecule has 0 fully saturated rings. The standard InChI is InChI=1S/C13H9F5N2/c14-9-3-1-7(13(16,17)18)5-12(9)20-11-4-2-8(19)6-10(11)15/h1-6,20H,19H2. The van der Waals surface area contributed by atoms with Crippen molar-refractivity contribution in [3.8, 4) is 0 Å². The number of halogens is 5. The Labute approximate surface area is 111 Å². The molecule has 0 spiro atoms. The average molecular weight is 288 g/mol. The van der Waals surface area contributed by atoms with Crippen LogP contribution in [0.3, 0.4) is 0 Å². The van der Waals surface area contributed by atoms with Crippen LogP contribution >= 0.6 is 0 Å². The van der Waals surface area contributed by atoms with Gasteiger partial charge in [0.15, 0.2) is 0 Å². The number of benzene rings is 2. The minimum atomic E-state index is -4.61. The van der Waals surface area contributed by atoms with E-state index in [0.29, 0.717) is 18.2 Å². The van der Waals surface area contributed by atoms with Crippen LogP contribution in [0.2, 0.25) is 0 Å². The first kappa shape index (κ1) is 14.1. The summed E-state index contributed by atoms with van der Waals surface area (Å²) in [5, 5.41) is 2.27. The molecule has 2 aromatic rings. The van der Waals surface area contributed by atoms with E-state index in [-0.39, 0.29) is 11.4 Å². The molecule has 0 aromatic heterocycles. The third-order valence-corrected chi connectivity index (χ3v) is 2.56. The average Bonchev–Trinajstić information content (AvgIpc) is 2.33. The lowest BCUT2D eigenvalue weighted by atomic mass is 10.1. The highest BCUT2D eigenvalue weighted by atomic mass is 19.4. The summed E-state index contributed by atoms with van der Waals surface area (Å²) in [6, 6.07) is 5.39. The van der Waals surface area contributed by atoms with Crippen LogP contribution in [0.5, 0.6) is 0 Å².